The van der Waals surface area contributed by atoms with Crippen LogP contribution in [0.5, 0.6) is 11.5 Å². The Bertz CT molecular complexity index is 1420. The molecule has 0 aliphatic rings. The molecule has 0 aliphatic heterocycles. The van der Waals surface area contributed by atoms with Gasteiger partial charge in [-0.1, -0.05) is 12.1 Å². The quantitative estimate of drug-likeness (QED) is 0.181. The normalized spacial score (nSPS) is 10.9. The van der Waals surface area contributed by atoms with E-state index in [1.54, 1.807) is 55.7 Å². The first-order valence-corrected chi connectivity index (χ1v) is 12.0. The number of hydrogen-bond acceptors (Lipinski definition) is 9. The zero-order valence-electron chi connectivity index (χ0n) is 18.4. The Hall–Kier alpha value is -4.20. The highest BCUT2D eigenvalue weighted by atomic mass is 32.2. The lowest BCUT2D eigenvalue weighted by Crippen LogP contribution is -2.09. The molecular formula is C25H19FN6OS2. The summed E-state index contributed by atoms with van der Waals surface area (Å²) in [5, 5.41) is 22.9. The van der Waals surface area contributed by atoms with Crippen molar-refractivity contribution < 1.29 is 9.13 Å². The van der Waals surface area contributed by atoms with Gasteiger partial charge in [0, 0.05) is 35.3 Å². The monoisotopic (exact) mass is 502 g/mol. The number of halogens is 1. The summed E-state index contributed by atoms with van der Waals surface area (Å²) in [4.78, 5) is 9.67. The fraction of sp³-hybridized carbons (Fsp3) is 0.0400. The highest BCUT2D eigenvalue weighted by Gasteiger charge is 2.16. The molecule has 7 nitrogen and oxygen atoms in total. The predicted molar refractivity (Wildman–Crippen MR) is 138 cm³/mol. The van der Waals surface area contributed by atoms with Gasteiger partial charge in [-0.2, -0.15) is 5.26 Å². The number of benzene rings is 2. The van der Waals surface area contributed by atoms with Crippen LogP contribution in [0.15, 0.2) is 77.1 Å². The first kappa shape index (κ1) is 23.9. The second-order valence-electron chi connectivity index (χ2n) is 6.96. The van der Waals surface area contributed by atoms with Crippen molar-refractivity contribution in [1.82, 2.24) is 15.3 Å². The SMILES string of the molecule is CN/C(=C\C=N)c1nc(-c2cccc(F)c2)ccc1Oc1ccc(SNc2nccs2)cc1C#N. The van der Waals surface area contributed by atoms with Gasteiger partial charge in [0.25, 0.3) is 0 Å². The van der Waals surface area contributed by atoms with Gasteiger partial charge in [0.05, 0.1) is 17.0 Å². The average Bonchev–Trinajstić information content (AvgIpc) is 3.41. The number of anilines is 1. The van der Waals surface area contributed by atoms with Crippen molar-refractivity contribution in [2.24, 2.45) is 0 Å². The molecule has 0 bridgehead atoms. The van der Waals surface area contributed by atoms with Gasteiger partial charge in [0.15, 0.2) is 10.9 Å². The number of allylic oxidation sites excluding steroid dienone is 1. The summed E-state index contributed by atoms with van der Waals surface area (Å²) in [7, 11) is 1.71. The Morgan fingerprint density at radius 1 is 1.20 bits per heavy atom. The van der Waals surface area contributed by atoms with Crippen molar-refractivity contribution in [3.63, 3.8) is 0 Å². The summed E-state index contributed by atoms with van der Waals surface area (Å²) >= 11 is 2.83. The third-order valence-electron chi connectivity index (χ3n) is 4.73. The molecule has 0 saturated heterocycles. The summed E-state index contributed by atoms with van der Waals surface area (Å²) in [6.45, 7) is 0. The van der Waals surface area contributed by atoms with Crippen LogP contribution in [0.2, 0.25) is 0 Å². The minimum absolute atomic E-state index is 0.345. The van der Waals surface area contributed by atoms with E-state index in [2.05, 4.69) is 26.1 Å². The number of nitrogens with one attached hydrogen (secondary N) is 3. The number of nitriles is 1. The lowest BCUT2D eigenvalue weighted by atomic mass is 10.1. The molecule has 174 valence electrons. The standard InChI is InChI=1S/C25H19FN6OS2/c1-29-21(9-10-27)24-23(8-6-20(31-24)16-3-2-4-18(26)13-16)33-22-7-5-19(14-17(22)15-28)35-32-25-30-11-12-34-25/h2-14,27,29H,1H3,(H,30,32)/b21-9-,27-10?. The van der Waals surface area contributed by atoms with Crippen molar-refractivity contribution in [3.05, 3.63) is 89.3 Å². The molecule has 0 aliphatic carbocycles. The van der Waals surface area contributed by atoms with Gasteiger partial charge in [0.2, 0.25) is 0 Å². The molecule has 0 spiro atoms. The van der Waals surface area contributed by atoms with E-state index in [1.165, 1.54) is 35.4 Å². The fourth-order valence-electron chi connectivity index (χ4n) is 3.14. The van der Waals surface area contributed by atoms with Crippen LogP contribution in [0, 0.1) is 22.6 Å². The van der Waals surface area contributed by atoms with E-state index < -0.39 is 0 Å². The second-order valence-corrected chi connectivity index (χ2v) is 8.74. The number of thiazole rings is 1. The lowest BCUT2D eigenvalue weighted by molar-refractivity contribution is 0.476. The smallest absolute Gasteiger partial charge is 0.192 e. The second kappa shape index (κ2) is 11.3. The van der Waals surface area contributed by atoms with Crippen LogP contribution in [0.4, 0.5) is 9.52 Å². The summed E-state index contributed by atoms with van der Waals surface area (Å²) in [6.07, 6.45) is 4.39. The first-order valence-electron chi connectivity index (χ1n) is 10.3. The Labute approximate surface area is 210 Å². The maximum Gasteiger partial charge on any atom is 0.192 e. The molecule has 2 aromatic heterocycles. The Morgan fingerprint density at radius 3 is 2.77 bits per heavy atom. The van der Waals surface area contributed by atoms with Gasteiger partial charge < -0.3 is 20.2 Å². The van der Waals surface area contributed by atoms with Crippen LogP contribution in [0.1, 0.15) is 11.3 Å². The Morgan fingerprint density at radius 2 is 2.06 bits per heavy atom. The summed E-state index contributed by atoms with van der Waals surface area (Å²) < 4.78 is 23.0. The van der Waals surface area contributed by atoms with Gasteiger partial charge in [0.1, 0.15) is 23.3 Å². The zero-order valence-corrected chi connectivity index (χ0v) is 20.1. The molecule has 35 heavy (non-hydrogen) atoms. The topological polar surface area (TPSA) is 107 Å². The molecule has 2 aromatic carbocycles. The van der Waals surface area contributed by atoms with E-state index in [-0.39, 0.29) is 5.82 Å². The average molecular weight is 503 g/mol. The Kier molecular flexibility index (Phi) is 7.72. The molecule has 10 heteroatoms. The van der Waals surface area contributed by atoms with E-state index in [1.807, 2.05) is 11.4 Å². The number of aromatic nitrogens is 2. The van der Waals surface area contributed by atoms with E-state index in [9.17, 15) is 9.65 Å². The van der Waals surface area contributed by atoms with E-state index in [0.29, 0.717) is 39.7 Å². The van der Waals surface area contributed by atoms with Gasteiger partial charge in [-0.3, -0.25) is 0 Å². The third-order valence-corrected chi connectivity index (χ3v) is 6.34. The Balaban J connectivity index is 1.67. The number of pyridine rings is 1. The summed E-state index contributed by atoms with van der Waals surface area (Å²) in [5.41, 5.74) is 2.45. The molecule has 0 atom stereocenters. The molecule has 0 unspecified atom stereocenters. The van der Waals surface area contributed by atoms with Gasteiger partial charge in [-0.05, 0) is 60.5 Å². The van der Waals surface area contributed by atoms with Gasteiger partial charge in [-0.15, -0.1) is 11.3 Å². The molecule has 0 saturated carbocycles. The molecule has 0 fully saturated rings. The molecule has 4 rings (SSSR count). The number of rotatable bonds is 9. The third kappa shape index (κ3) is 5.84. The maximum absolute atomic E-state index is 13.8. The highest BCUT2D eigenvalue weighted by molar-refractivity contribution is 8.00. The number of hydrogen-bond donors (Lipinski definition) is 3. The minimum Gasteiger partial charge on any atom is -0.454 e. The molecule has 0 amide bonds. The van der Waals surface area contributed by atoms with Crippen molar-refractivity contribution in [1.29, 1.82) is 10.7 Å². The van der Waals surface area contributed by atoms with Crippen molar-refractivity contribution in [2.45, 2.75) is 4.90 Å². The molecular weight excluding hydrogens is 483 g/mol. The van der Waals surface area contributed by atoms with Crippen molar-refractivity contribution in [3.8, 4) is 28.8 Å². The van der Waals surface area contributed by atoms with Crippen LogP contribution >= 0.6 is 23.3 Å². The lowest BCUT2D eigenvalue weighted by Gasteiger charge is -2.15. The highest BCUT2D eigenvalue weighted by Crippen LogP contribution is 2.34. The summed E-state index contributed by atoms with van der Waals surface area (Å²) in [6, 6.07) is 17.0. The summed E-state index contributed by atoms with van der Waals surface area (Å²) in [5.74, 6) is 0.374. The predicted octanol–water partition coefficient (Wildman–Crippen LogP) is 6.34. The number of ether oxygens (including phenoxy) is 1. The molecule has 2 heterocycles. The minimum atomic E-state index is -0.365. The van der Waals surface area contributed by atoms with Crippen LogP contribution in [0.25, 0.3) is 17.0 Å². The van der Waals surface area contributed by atoms with Crippen LogP contribution in [-0.4, -0.2) is 23.2 Å². The van der Waals surface area contributed by atoms with E-state index in [0.717, 1.165) is 16.2 Å². The van der Waals surface area contributed by atoms with Crippen molar-refractivity contribution >= 4 is 40.3 Å². The van der Waals surface area contributed by atoms with E-state index in [4.69, 9.17) is 10.1 Å². The largest absolute Gasteiger partial charge is 0.454 e. The van der Waals surface area contributed by atoms with E-state index >= 15 is 0 Å². The molecule has 0 radical (unpaired) electrons. The van der Waals surface area contributed by atoms with Gasteiger partial charge in [-0.25, -0.2) is 14.4 Å². The van der Waals surface area contributed by atoms with Crippen LogP contribution < -0.4 is 14.8 Å². The van der Waals surface area contributed by atoms with Gasteiger partial charge >= 0.3 is 0 Å². The molecule has 3 N–H and O–H groups in total. The van der Waals surface area contributed by atoms with Crippen LogP contribution in [0.3, 0.4) is 0 Å². The zero-order chi connectivity index (χ0) is 24.6. The molecule has 4 aromatic rings. The maximum atomic E-state index is 13.8. The first-order chi connectivity index (χ1) is 17.1. The fourth-order valence-corrected chi connectivity index (χ4v) is 4.40. The van der Waals surface area contributed by atoms with Crippen molar-refractivity contribution in [2.75, 3.05) is 11.8 Å². The van der Waals surface area contributed by atoms with Crippen LogP contribution in [-0.2, 0) is 0 Å². The number of nitrogens with zero attached hydrogens (tertiary/aromatic N) is 3.